The molecular weight excluding hydrogens is 509 g/mol. The van der Waals surface area contributed by atoms with E-state index >= 15 is 0 Å². The molecule has 1 heterocycles. The summed E-state index contributed by atoms with van der Waals surface area (Å²) in [5, 5.41) is 13.0. The Labute approximate surface area is 192 Å². The van der Waals surface area contributed by atoms with Crippen LogP contribution in [0.4, 0.5) is 5.69 Å². The van der Waals surface area contributed by atoms with Crippen LogP contribution in [0, 0.1) is 6.92 Å². The largest absolute Gasteiger partial charge is 0.356 e. The van der Waals surface area contributed by atoms with E-state index in [2.05, 4.69) is 45.2 Å². The predicted octanol–water partition coefficient (Wildman–Crippen LogP) is 4.54. The van der Waals surface area contributed by atoms with Crippen LogP contribution in [-0.2, 0) is 11.3 Å². The van der Waals surface area contributed by atoms with Gasteiger partial charge in [0.25, 0.3) is 0 Å². The first-order valence-corrected chi connectivity index (χ1v) is 10.1. The molecule has 6 nitrogen and oxygen atoms in total. The van der Waals surface area contributed by atoms with Crippen LogP contribution in [0.1, 0.15) is 42.5 Å². The molecule has 1 amide bonds. The number of aliphatic imine (C=N–C) groups is 1. The number of thiazole rings is 1. The first-order chi connectivity index (χ1) is 12.9. The molecule has 0 saturated heterocycles. The van der Waals surface area contributed by atoms with Gasteiger partial charge in [-0.2, -0.15) is 0 Å². The SMILES string of the molecule is CN=C(NCCC(=O)Nc1cccc(Cl)c1C)NCc1nc(C(C)C)cs1.I. The monoisotopic (exact) mass is 535 g/mol. The Hall–Kier alpha value is -1.39. The number of aromatic nitrogens is 1. The highest BCUT2D eigenvalue weighted by molar-refractivity contribution is 14.0. The fourth-order valence-electron chi connectivity index (χ4n) is 2.30. The molecule has 0 aliphatic heterocycles. The van der Waals surface area contributed by atoms with Crippen LogP contribution in [0.15, 0.2) is 28.6 Å². The van der Waals surface area contributed by atoms with Crippen molar-refractivity contribution >= 4 is 64.5 Å². The number of rotatable bonds is 7. The van der Waals surface area contributed by atoms with Crippen LogP contribution in [-0.4, -0.2) is 30.4 Å². The van der Waals surface area contributed by atoms with Crippen LogP contribution in [0.5, 0.6) is 0 Å². The molecule has 28 heavy (non-hydrogen) atoms. The van der Waals surface area contributed by atoms with E-state index in [0.717, 1.165) is 22.0 Å². The molecule has 154 valence electrons. The summed E-state index contributed by atoms with van der Waals surface area (Å²) in [6, 6.07) is 5.46. The van der Waals surface area contributed by atoms with Crippen molar-refractivity contribution in [2.75, 3.05) is 18.9 Å². The molecule has 0 saturated carbocycles. The lowest BCUT2D eigenvalue weighted by Gasteiger charge is -2.12. The average Bonchev–Trinajstić information content (AvgIpc) is 3.11. The zero-order valence-electron chi connectivity index (χ0n) is 16.5. The van der Waals surface area contributed by atoms with Crippen molar-refractivity contribution in [2.45, 2.75) is 39.7 Å². The summed E-state index contributed by atoms with van der Waals surface area (Å²) in [5.41, 5.74) is 2.70. The fraction of sp³-hybridized carbons (Fsp3) is 0.421. The minimum absolute atomic E-state index is 0. The third kappa shape index (κ3) is 7.56. The molecule has 9 heteroatoms. The van der Waals surface area contributed by atoms with Crippen molar-refractivity contribution in [3.05, 3.63) is 44.9 Å². The van der Waals surface area contributed by atoms with Gasteiger partial charge >= 0.3 is 0 Å². The molecular formula is C19H27ClIN5OS. The van der Waals surface area contributed by atoms with Gasteiger partial charge in [0, 0.05) is 36.1 Å². The lowest BCUT2D eigenvalue weighted by molar-refractivity contribution is -0.116. The molecule has 0 unspecified atom stereocenters. The van der Waals surface area contributed by atoms with E-state index in [-0.39, 0.29) is 29.9 Å². The predicted molar refractivity (Wildman–Crippen MR) is 129 cm³/mol. The molecule has 2 rings (SSSR count). The summed E-state index contributed by atoms with van der Waals surface area (Å²) in [6.07, 6.45) is 0.321. The van der Waals surface area contributed by atoms with Gasteiger partial charge in [0.2, 0.25) is 5.91 Å². The summed E-state index contributed by atoms with van der Waals surface area (Å²) in [6.45, 7) is 7.21. The number of carbonyl (C=O) groups excluding carboxylic acids is 1. The zero-order chi connectivity index (χ0) is 19.8. The number of nitrogens with one attached hydrogen (secondary N) is 3. The molecule has 0 aliphatic carbocycles. The highest BCUT2D eigenvalue weighted by atomic mass is 127. The van der Waals surface area contributed by atoms with Gasteiger partial charge in [-0.15, -0.1) is 35.3 Å². The first-order valence-electron chi connectivity index (χ1n) is 8.84. The number of guanidine groups is 1. The summed E-state index contributed by atoms with van der Waals surface area (Å²) < 4.78 is 0. The Bertz CT molecular complexity index is 809. The minimum atomic E-state index is -0.0789. The zero-order valence-corrected chi connectivity index (χ0v) is 20.4. The standard InChI is InChI=1S/C19H26ClN5OS.HI/c1-12(2)16-11-27-18(25-16)10-23-19(21-4)22-9-8-17(26)24-15-7-5-6-14(20)13(15)3;/h5-7,11-12H,8-10H2,1-4H3,(H,24,26)(H2,21,22,23);1H. The normalized spacial score (nSPS) is 11.1. The summed E-state index contributed by atoms with van der Waals surface area (Å²) in [7, 11) is 1.70. The van der Waals surface area contributed by atoms with E-state index in [4.69, 9.17) is 11.6 Å². The third-order valence-corrected chi connectivity index (χ3v) is 5.25. The van der Waals surface area contributed by atoms with Gasteiger partial charge < -0.3 is 16.0 Å². The summed E-state index contributed by atoms with van der Waals surface area (Å²) >= 11 is 7.71. The van der Waals surface area contributed by atoms with Gasteiger partial charge in [-0.25, -0.2) is 4.98 Å². The van der Waals surface area contributed by atoms with Gasteiger partial charge in [-0.05, 0) is 30.5 Å². The van der Waals surface area contributed by atoms with Crippen molar-refractivity contribution < 1.29 is 4.79 Å². The molecule has 1 aromatic carbocycles. The molecule has 3 N–H and O–H groups in total. The Kier molecular flexibility index (Phi) is 10.8. The molecule has 2 aromatic rings. The van der Waals surface area contributed by atoms with Gasteiger partial charge in [0.05, 0.1) is 12.2 Å². The minimum Gasteiger partial charge on any atom is -0.356 e. The Morgan fingerprint density at radius 2 is 2.07 bits per heavy atom. The number of halogens is 2. The van der Waals surface area contributed by atoms with Gasteiger partial charge in [-0.1, -0.05) is 31.5 Å². The molecule has 0 radical (unpaired) electrons. The maximum absolute atomic E-state index is 12.1. The Balaban J connectivity index is 0.00000392. The van der Waals surface area contributed by atoms with Crippen LogP contribution < -0.4 is 16.0 Å². The first kappa shape index (κ1) is 24.6. The van der Waals surface area contributed by atoms with E-state index in [9.17, 15) is 4.79 Å². The Morgan fingerprint density at radius 3 is 2.71 bits per heavy atom. The lowest BCUT2D eigenvalue weighted by Crippen LogP contribution is -2.38. The second-order valence-corrected chi connectivity index (χ2v) is 7.73. The highest BCUT2D eigenvalue weighted by Crippen LogP contribution is 2.22. The number of anilines is 1. The maximum Gasteiger partial charge on any atom is 0.226 e. The van der Waals surface area contributed by atoms with E-state index in [1.807, 2.05) is 19.1 Å². The Morgan fingerprint density at radius 1 is 1.32 bits per heavy atom. The van der Waals surface area contributed by atoms with Crippen molar-refractivity contribution in [3.8, 4) is 0 Å². The highest BCUT2D eigenvalue weighted by Gasteiger charge is 2.08. The number of amides is 1. The van der Waals surface area contributed by atoms with Crippen molar-refractivity contribution in [3.63, 3.8) is 0 Å². The number of nitrogens with zero attached hydrogens (tertiary/aromatic N) is 2. The van der Waals surface area contributed by atoms with Crippen LogP contribution in [0.2, 0.25) is 5.02 Å². The van der Waals surface area contributed by atoms with Gasteiger partial charge in [-0.3, -0.25) is 9.79 Å². The number of benzene rings is 1. The van der Waals surface area contributed by atoms with Crippen LogP contribution in [0.3, 0.4) is 0 Å². The van der Waals surface area contributed by atoms with Crippen molar-refractivity contribution in [1.82, 2.24) is 15.6 Å². The van der Waals surface area contributed by atoms with E-state index in [0.29, 0.717) is 36.4 Å². The van der Waals surface area contributed by atoms with Crippen LogP contribution >= 0.6 is 46.9 Å². The molecule has 0 bridgehead atoms. The molecule has 1 aromatic heterocycles. The van der Waals surface area contributed by atoms with Crippen molar-refractivity contribution in [2.24, 2.45) is 4.99 Å². The number of carbonyl (C=O) groups is 1. The average molecular weight is 536 g/mol. The van der Waals surface area contributed by atoms with E-state index in [1.54, 1.807) is 24.5 Å². The molecule has 0 fully saturated rings. The second-order valence-electron chi connectivity index (χ2n) is 6.38. The lowest BCUT2D eigenvalue weighted by atomic mass is 10.2. The fourth-order valence-corrected chi connectivity index (χ4v) is 3.37. The van der Waals surface area contributed by atoms with Crippen molar-refractivity contribution in [1.29, 1.82) is 0 Å². The molecule has 0 atom stereocenters. The quantitative estimate of drug-likeness (QED) is 0.276. The molecule has 0 spiro atoms. The number of hydrogen-bond acceptors (Lipinski definition) is 4. The molecule has 0 aliphatic rings. The smallest absolute Gasteiger partial charge is 0.226 e. The van der Waals surface area contributed by atoms with E-state index < -0.39 is 0 Å². The van der Waals surface area contributed by atoms with E-state index in [1.165, 1.54) is 0 Å². The topological polar surface area (TPSA) is 78.4 Å². The summed E-state index contributed by atoms with van der Waals surface area (Å²) in [4.78, 5) is 20.9. The van der Waals surface area contributed by atoms with Gasteiger partial charge in [0.15, 0.2) is 5.96 Å². The maximum atomic E-state index is 12.1. The number of hydrogen-bond donors (Lipinski definition) is 3. The van der Waals surface area contributed by atoms with Gasteiger partial charge in [0.1, 0.15) is 5.01 Å². The van der Waals surface area contributed by atoms with Crippen LogP contribution in [0.25, 0.3) is 0 Å². The second kappa shape index (κ2) is 12.2. The third-order valence-electron chi connectivity index (χ3n) is 3.98. The summed E-state index contributed by atoms with van der Waals surface area (Å²) in [5.74, 6) is 0.988.